The summed E-state index contributed by atoms with van der Waals surface area (Å²) in [5.41, 5.74) is 3.49. The van der Waals surface area contributed by atoms with Crippen molar-refractivity contribution < 1.29 is 23.4 Å². The minimum atomic E-state index is -1.51. The fraction of sp³-hybridized carbons (Fsp3) is 0.472. The molecule has 3 aromatic rings. The standard InChI is InChI=1S/C36H46F2O3/c1-3-5-7-9-11-13-15-25-41-35-31(26-32(36(39)40)33(37)34(35)38)30-23-21-29(22-24-30)28-19-17-27(18-20-28)16-14-12-10-8-6-4-2/h17-24,26H,3-16,25H2,1-2H3,(H,39,40). The van der Waals surface area contributed by atoms with E-state index in [4.69, 9.17) is 4.74 Å². The second-order valence-corrected chi connectivity index (χ2v) is 11.0. The molecule has 0 radical (unpaired) electrons. The van der Waals surface area contributed by atoms with Crippen molar-refractivity contribution in [1.82, 2.24) is 0 Å². The third-order valence-electron chi connectivity index (χ3n) is 7.69. The Morgan fingerprint density at radius 3 is 1.71 bits per heavy atom. The van der Waals surface area contributed by atoms with Gasteiger partial charge in [0.25, 0.3) is 0 Å². The van der Waals surface area contributed by atoms with Crippen molar-refractivity contribution in [3.8, 4) is 28.0 Å². The minimum absolute atomic E-state index is 0.231. The first-order chi connectivity index (χ1) is 20.0. The number of benzene rings is 3. The highest BCUT2D eigenvalue weighted by atomic mass is 19.2. The van der Waals surface area contributed by atoms with Gasteiger partial charge in [-0.15, -0.1) is 0 Å². The van der Waals surface area contributed by atoms with Gasteiger partial charge in [0.1, 0.15) is 0 Å². The van der Waals surface area contributed by atoms with Gasteiger partial charge in [0.15, 0.2) is 11.6 Å². The van der Waals surface area contributed by atoms with Crippen LogP contribution in [0.1, 0.15) is 113 Å². The molecule has 0 heterocycles. The van der Waals surface area contributed by atoms with Crippen LogP contribution in [0, 0.1) is 11.6 Å². The molecule has 0 atom stereocenters. The van der Waals surface area contributed by atoms with E-state index in [1.54, 1.807) is 12.1 Å². The number of ether oxygens (including phenoxy) is 1. The van der Waals surface area contributed by atoms with Gasteiger partial charge in [-0.25, -0.2) is 9.18 Å². The zero-order valence-electron chi connectivity index (χ0n) is 24.8. The minimum Gasteiger partial charge on any atom is -0.490 e. The molecule has 1 N–H and O–H groups in total. The molecule has 0 saturated carbocycles. The molecule has 222 valence electrons. The second kappa shape index (κ2) is 17.6. The largest absolute Gasteiger partial charge is 0.490 e. The molecule has 0 aliphatic rings. The highest BCUT2D eigenvalue weighted by molar-refractivity contribution is 5.91. The number of carbonyl (C=O) groups is 1. The summed E-state index contributed by atoms with van der Waals surface area (Å²) in [6, 6.07) is 17.2. The Bertz CT molecular complexity index is 1200. The maximum atomic E-state index is 15.1. The van der Waals surface area contributed by atoms with Crippen LogP contribution in [-0.4, -0.2) is 17.7 Å². The van der Waals surface area contributed by atoms with Crippen LogP contribution in [-0.2, 0) is 6.42 Å². The highest BCUT2D eigenvalue weighted by Crippen LogP contribution is 2.37. The van der Waals surface area contributed by atoms with Gasteiger partial charge in [-0.1, -0.05) is 133 Å². The molecule has 0 spiro atoms. The second-order valence-electron chi connectivity index (χ2n) is 11.0. The topological polar surface area (TPSA) is 46.5 Å². The number of carboxylic acid groups (broad SMARTS) is 1. The Labute approximate surface area is 245 Å². The van der Waals surface area contributed by atoms with E-state index in [1.807, 2.05) is 12.1 Å². The van der Waals surface area contributed by atoms with Gasteiger partial charge in [0.05, 0.1) is 12.2 Å². The average molecular weight is 565 g/mol. The lowest BCUT2D eigenvalue weighted by molar-refractivity contribution is 0.0690. The van der Waals surface area contributed by atoms with E-state index in [0.29, 0.717) is 5.56 Å². The van der Waals surface area contributed by atoms with Gasteiger partial charge in [0, 0.05) is 5.56 Å². The molecular weight excluding hydrogens is 518 g/mol. The first-order valence-electron chi connectivity index (χ1n) is 15.5. The predicted molar refractivity (Wildman–Crippen MR) is 165 cm³/mol. The molecular formula is C36H46F2O3. The fourth-order valence-electron chi connectivity index (χ4n) is 5.17. The molecule has 0 aliphatic heterocycles. The summed E-state index contributed by atoms with van der Waals surface area (Å²) in [4.78, 5) is 11.6. The van der Waals surface area contributed by atoms with E-state index < -0.39 is 23.2 Å². The molecule has 0 aliphatic carbocycles. The van der Waals surface area contributed by atoms with Crippen molar-refractivity contribution in [2.75, 3.05) is 6.61 Å². The van der Waals surface area contributed by atoms with Gasteiger partial charge < -0.3 is 9.84 Å². The SMILES string of the molecule is CCCCCCCCCOc1c(-c2ccc(-c3ccc(CCCCCCCC)cc3)cc2)cc(C(=O)O)c(F)c1F. The molecule has 0 aromatic heterocycles. The fourth-order valence-corrected chi connectivity index (χ4v) is 5.17. The number of unbranched alkanes of at least 4 members (excludes halogenated alkanes) is 11. The number of rotatable bonds is 19. The molecule has 0 bridgehead atoms. The summed E-state index contributed by atoms with van der Waals surface area (Å²) < 4.78 is 35.4. The van der Waals surface area contributed by atoms with Crippen LogP contribution in [0.3, 0.4) is 0 Å². The lowest BCUT2D eigenvalue weighted by atomic mass is 9.97. The van der Waals surface area contributed by atoms with E-state index in [1.165, 1.54) is 69.4 Å². The average Bonchev–Trinajstić information content (AvgIpc) is 2.98. The summed E-state index contributed by atoms with van der Waals surface area (Å²) >= 11 is 0. The summed E-state index contributed by atoms with van der Waals surface area (Å²) in [6.07, 6.45) is 16.3. The van der Waals surface area contributed by atoms with Gasteiger partial charge >= 0.3 is 5.97 Å². The molecule has 41 heavy (non-hydrogen) atoms. The van der Waals surface area contributed by atoms with Crippen molar-refractivity contribution in [2.24, 2.45) is 0 Å². The van der Waals surface area contributed by atoms with E-state index >= 15 is 4.39 Å². The normalized spacial score (nSPS) is 11.1. The monoisotopic (exact) mass is 564 g/mol. The lowest BCUT2D eigenvalue weighted by Gasteiger charge is -2.15. The number of hydrogen-bond donors (Lipinski definition) is 1. The Morgan fingerprint density at radius 2 is 1.15 bits per heavy atom. The van der Waals surface area contributed by atoms with Crippen LogP contribution in [0.4, 0.5) is 8.78 Å². The van der Waals surface area contributed by atoms with E-state index in [-0.39, 0.29) is 17.9 Å². The number of carboxylic acids is 1. The third-order valence-corrected chi connectivity index (χ3v) is 7.69. The highest BCUT2D eigenvalue weighted by Gasteiger charge is 2.24. The van der Waals surface area contributed by atoms with Gasteiger partial charge in [-0.05, 0) is 47.6 Å². The molecule has 3 nitrogen and oxygen atoms in total. The van der Waals surface area contributed by atoms with E-state index in [9.17, 15) is 14.3 Å². The van der Waals surface area contributed by atoms with Crippen molar-refractivity contribution in [3.05, 3.63) is 77.4 Å². The van der Waals surface area contributed by atoms with Crippen LogP contribution in [0.15, 0.2) is 54.6 Å². The maximum Gasteiger partial charge on any atom is 0.338 e. The lowest BCUT2D eigenvalue weighted by Crippen LogP contribution is -2.08. The first kappa shape index (κ1) is 32.3. The van der Waals surface area contributed by atoms with Crippen LogP contribution >= 0.6 is 0 Å². The van der Waals surface area contributed by atoms with E-state index in [0.717, 1.165) is 43.2 Å². The molecule has 0 amide bonds. The zero-order chi connectivity index (χ0) is 29.5. The number of halogens is 2. The number of hydrogen-bond acceptors (Lipinski definition) is 2. The molecule has 0 unspecified atom stereocenters. The smallest absolute Gasteiger partial charge is 0.338 e. The van der Waals surface area contributed by atoms with Crippen LogP contribution < -0.4 is 4.74 Å². The zero-order valence-corrected chi connectivity index (χ0v) is 24.8. The number of aromatic carboxylic acids is 1. The van der Waals surface area contributed by atoms with Crippen LogP contribution in [0.25, 0.3) is 22.3 Å². The van der Waals surface area contributed by atoms with Gasteiger partial charge in [-0.2, -0.15) is 4.39 Å². The summed E-state index contributed by atoms with van der Waals surface area (Å²) in [5.74, 6) is -4.40. The van der Waals surface area contributed by atoms with Crippen LogP contribution in [0.2, 0.25) is 0 Å². The third kappa shape index (κ3) is 9.98. The Balaban J connectivity index is 1.69. The van der Waals surface area contributed by atoms with Gasteiger partial charge in [-0.3, -0.25) is 0 Å². The van der Waals surface area contributed by atoms with E-state index in [2.05, 4.69) is 38.1 Å². The molecule has 3 aromatic carbocycles. The summed E-state index contributed by atoms with van der Waals surface area (Å²) in [5, 5.41) is 9.46. The molecule has 5 heteroatoms. The maximum absolute atomic E-state index is 15.1. The van der Waals surface area contributed by atoms with Crippen LogP contribution in [0.5, 0.6) is 5.75 Å². The molecule has 3 rings (SSSR count). The van der Waals surface area contributed by atoms with Crippen molar-refractivity contribution >= 4 is 5.97 Å². The Hall–Kier alpha value is -3.21. The van der Waals surface area contributed by atoms with Crippen molar-refractivity contribution in [2.45, 2.75) is 104 Å². The first-order valence-corrected chi connectivity index (χ1v) is 15.5. The predicted octanol–water partition coefficient (Wildman–Crippen LogP) is 11.0. The molecule has 0 saturated heterocycles. The summed E-state index contributed by atoms with van der Waals surface area (Å²) in [6.45, 7) is 4.65. The quantitative estimate of drug-likeness (QED) is 0.147. The molecule has 0 fully saturated rings. The Morgan fingerprint density at radius 1 is 0.659 bits per heavy atom. The van der Waals surface area contributed by atoms with Gasteiger partial charge in [0.2, 0.25) is 5.82 Å². The van der Waals surface area contributed by atoms with Crippen molar-refractivity contribution in [1.29, 1.82) is 0 Å². The summed E-state index contributed by atoms with van der Waals surface area (Å²) in [7, 11) is 0. The Kier molecular flexibility index (Phi) is 13.8. The number of aryl methyl sites for hydroxylation is 1. The van der Waals surface area contributed by atoms with Crippen molar-refractivity contribution in [3.63, 3.8) is 0 Å².